The quantitative estimate of drug-likeness (QED) is 0.897. The van der Waals surface area contributed by atoms with E-state index in [4.69, 9.17) is 10.5 Å². The summed E-state index contributed by atoms with van der Waals surface area (Å²) in [6.07, 6.45) is 3.54. The van der Waals surface area contributed by atoms with Crippen LogP contribution >= 0.6 is 28.3 Å². The van der Waals surface area contributed by atoms with Crippen LogP contribution in [0.2, 0.25) is 0 Å². The van der Waals surface area contributed by atoms with Gasteiger partial charge in [-0.3, -0.25) is 0 Å². The van der Waals surface area contributed by atoms with Gasteiger partial charge in [0.25, 0.3) is 0 Å². The molecule has 0 bridgehead atoms. The van der Waals surface area contributed by atoms with Crippen LogP contribution in [0.1, 0.15) is 30.9 Å². The lowest BCUT2D eigenvalue weighted by Gasteiger charge is -2.32. The van der Waals surface area contributed by atoms with E-state index in [1.807, 2.05) is 6.07 Å². The predicted molar refractivity (Wildman–Crippen MR) is 73.9 cm³/mol. The molecular formula is C12H17BrClNO2. The van der Waals surface area contributed by atoms with E-state index in [0.29, 0.717) is 11.7 Å². The Morgan fingerprint density at radius 3 is 2.59 bits per heavy atom. The van der Waals surface area contributed by atoms with E-state index in [1.165, 1.54) is 6.42 Å². The van der Waals surface area contributed by atoms with Crippen LogP contribution in [0.4, 0.5) is 0 Å². The third-order valence-corrected chi connectivity index (χ3v) is 3.76. The van der Waals surface area contributed by atoms with Crippen molar-refractivity contribution in [3.8, 4) is 11.5 Å². The molecule has 1 aliphatic carbocycles. The summed E-state index contributed by atoms with van der Waals surface area (Å²) in [5.41, 5.74) is 6.93. The van der Waals surface area contributed by atoms with Crippen molar-refractivity contribution < 1.29 is 9.84 Å². The smallest absolute Gasteiger partial charge is 0.162 e. The van der Waals surface area contributed by atoms with Gasteiger partial charge in [-0.1, -0.05) is 22.4 Å². The third kappa shape index (κ3) is 2.87. The zero-order chi connectivity index (χ0) is 11.7. The molecule has 0 unspecified atom stereocenters. The topological polar surface area (TPSA) is 55.5 Å². The Bertz CT molecular complexity index is 396. The van der Waals surface area contributed by atoms with Gasteiger partial charge in [0, 0.05) is 16.1 Å². The molecule has 3 N–H and O–H groups in total. The van der Waals surface area contributed by atoms with Crippen molar-refractivity contribution in [1.82, 2.24) is 0 Å². The van der Waals surface area contributed by atoms with Crippen LogP contribution in [0.15, 0.2) is 16.6 Å². The molecule has 1 atom stereocenters. The minimum Gasteiger partial charge on any atom is -0.504 e. The van der Waals surface area contributed by atoms with Gasteiger partial charge in [-0.2, -0.15) is 0 Å². The number of phenols is 1. The molecule has 1 aromatic rings. The van der Waals surface area contributed by atoms with Crippen LogP contribution in [0, 0.1) is 5.92 Å². The van der Waals surface area contributed by atoms with E-state index in [0.717, 1.165) is 22.9 Å². The summed E-state index contributed by atoms with van der Waals surface area (Å²) >= 11 is 3.40. The Kier molecular flexibility index (Phi) is 5.10. The van der Waals surface area contributed by atoms with Crippen molar-refractivity contribution >= 4 is 28.3 Å². The average Bonchev–Trinajstić information content (AvgIpc) is 2.18. The summed E-state index contributed by atoms with van der Waals surface area (Å²) in [4.78, 5) is 0. The molecule has 0 amide bonds. The summed E-state index contributed by atoms with van der Waals surface area (Å²) < 4.78 is 5.99. The molecular weight excluding hydrogens is 305 g/mol. The standard InChI is InChI=1S/C12H16BrNO2.ClH/c1-16-10-6-8(13)5-9(12(10)15)11(14)7-3-2-4-7;/h5-7,11,15H,2-4,14H2,1H3;1H/t11-;/m1./s1. The van der Waals surface area contributed by atoms with E-state index in [9.17, 15) is 5.11 Å². The van der Waals surface area contributed by atoms with Crippen molar-refractivity contribution in [1.29, 1.82) is 0 Å². The number of halogens is 2. The maximum atomic E-state index is 10.0. The van der Waals surface area contributed by atoms with E-state index in [-0.39, 0.29) is 24.2 Å². The Morgan fingerprint density at radius 1 is 1.47 bits per heavy atom. The largest absolute Gasteiger partial charge is 0.504 e. The summed E-state index contributed by atoms with van der Waals surface area (Å²) in [5, 5.41) is 10.0. The highest BCUT2D eigenvalue weighted by molar-refractivity contribution is 9.10. The number of rotatable bonds is 3. The van der Waals surface area contributed by atoms with Gasteiger partial charge < -0.3 is 15.6 Å². The van der Waals surface area contributed by atoms with Gasteiger partial charge in [-0.15, -0.1) is 12.4 Å². The maximum absolute atomic E-state index is 10.0. The van der Waals surface area contributed by atoms with Crippen LogP contribution in [0.3, 0.4) is 0 Å². The zero-order valence-corrected chi connectivity index (χ0v) is 12.1. The summed E-state index contributed by atoms with van der Waals surface area (Å²) in [6, 6.07) is 3.52. The molecule has 0 spiro atoms. The van der Waals surface area contributed by atoms with E-state index in [2.05, 4.69) is 15.9 Å². The van der Waals surface area contributed by atoms with Gasteiger partial charge in [0.05, 0.1) is 7.11 Å². The Morgan fingerprint density at radius 2 is 2.12 bits per heavy atom. The molecule has 0 aromatic heterocycles. The molecule has 1 aromatic carbocycles. The monoisotopic (exact) mass is 321 g/mol. The molecule has 1 aliphatic rings. The van der Waals surface area contributed by atoms with Crippen LogP contribution < -0.4 is 10.5 Å². The molecule has 0 aliphatic heterocycles. The lowest BCUT2D eigenvalue weighted by Crippen LogP contribution is -2.26. The maximum Gasteiger partial charge on any atom is 0.162 e. The third-order valence-electron chi connectivity index (χ3n) is 3.31. The van der Waals surface area contributed by atoms with Crippen molar-refractivity contribution in [2.24, 2.45) is 11.7 Å². The number of hydrogen-bond acceptors (Lipinski definition) is 3. The van der Waals surface area contributed by atoms with Gasteiger partial charge in [0.1, 0.15) is 0 Å². The first-order chi connectivity index (χ1) is 7.63. The van der Waals surface area contributed by atoms with Crippen molar-refractivity contribution in [2.45, 2.75) is 25.3 Å². The van der Waals surface area contributed by atoms with E-state index in [1.54, 1.807) is 13.2 Å². The molecule has 0 radical (unpaired) electrons. The number of hydrogen-bond donors (Lipinski definition) is 2. The summed E-state index contributed by atoms with van der Waals surface area (Å²) in [7, 11) is 1.54. The number of phenolic OH excluding ortho intramolecular Hbond substituents is 1. The highest BCUT2D eigenvalue weighted by Crippen LogP contribution is 2.43. The molecule has 3 nitrogen and oxygen atoms in total. The van der Waals surface area contributed by atoms with Gasteiger partial charge in [0.15, 0.2) is 11.5 Å². The summed E-state index contributed by atoms with van der Waals surface area (Å²) in [5.74, 6) is 1.13. The normalized spacial score (nSPS) is 16.9. The van der Waals surface area contributed by atoms with E-state index >= 15 is 0 Å². The van der Waals surface area contributed by atoms with Gasteiger partial charge in [0.2, 0.25) is 0 Å². The highest BCUT2D eigenvalue weighted by atomic mass is 79.9. The second kappa shape index (κ2) is 5.94. The molecule has 1 saturated carbocycles. The molecule has 2 rings (SSSR count). The van der Waals surface area contributed by atoms with Crippen LogP contribution in [0.25, 0.3) is 0 Å². The van der Waals surface area contributed by atoms with Crippen LogP contribution in [0.5, 0.6) is 11.5 Å². The fraction of sp³-hybridized carbons (Fsp3) is 0.500. The minimum absolute atomic E-state index is 0. The Hall–Kier alpha value is -0.450. The van der Waals surface area contributed by atoms with Crippen molar-refractivity contribution in [3.05, 3.63) is 22.2 Å². The van der Waals surface area contributed by atoms with Crippen LogP contribution in [-0.2, 0) is 0 Å². The van der Waals surface area contributed by atoms with Gasteiger partial charge in [-0.25, -0.2) is 0 Å². The number of methoxy groups -OCH3 is 1. The van der Waals surface area contributed by atoms with E-state index < -0.39 is 0 Å². The average molecular weight is 323 g/mol. The SMILES string of the molecule is COc1cc(Br)cc([C@H](N)C2CCC2)c1O.Cl. The van der Waals surface area contributed by atoms with Gasteiger partial charge >= 0.3 is 0 Å². The molecule has 1 fully saturated rings. The molecule has 5 heteroatoms. The lowest BCUT2D eigenvalue weighted by atomic mass is 9.77. The minimum atomic E-state index is -0.0971. The van der Waals surface area contributed by atoms with Crippen molar-refractivity contribution in [3.63, 3.8) is 0 Å². The Labute approximate surface area is 116 Å². The molecule has 96 valence electrons. The Balaban J connectivity index is 0.00000144. The second-order valence-corrected chi connectivity index (χ2v) is 5.18. The highest BCUT2D eigenvalue weighted by Gasteiger charge is 2.28. The number of benzene rings is 1. The number of aromatic hydroxyl groups is 1. The molecule has 17 heavy (non-hydrogen) atoms. The predicted octanol–water partition coefficient (Wildman–Crippen LogP) is 3.39. The van der Waals surface area contributed by atoms with Crippen molar-refractivity contribution in [2.75, 3.05) is 7.11 Å². The fourth-order valence-corrected chi connectivity index (χ4v) is 2.51. The fourth-order valence-electron chi connectivity index (χ4n) is 2.06. The van der Waals surface area contributed by atoms with Gasteiger partial charge in [-0.05, 0) is 30.9 Å². The second-order valence-electron chi connectivity index (χ2n) is 4.26. The lowest BCUT2D eigenvalue weighted by molar-refractivity contribution is 0.258. The first-order valence-electron chi connectivity index (χ1n) is 5.45. The summed E-state index contributed by atoms with van der Waals surface area (Å²) in [6.45, 7) is 0. The van der Waals surface area contributed by atoms with Crippen LogP contribution in [-0.4, -0.2) is 12.2 Å². The first-order valence-corrected chi connectivity index (χ1v) is 6.24. The number of ether oxygens (including phenoxy) is 1. The zero-order valence-electron chi connectivity index (χ0n) is 9.65. The first kappa shape index (κ1) is 14.6. The molecule has 0 heterocycles. The molecule has 0 saturated heterocycles. The number of nitrogens with two attached hydrogens (primary N) is 1.